The molecule has 0 fully saturated rings. The minimum Gasteiger partial charge on any atom is -0.507 e. The number of nitrogens with one attached hydrogen (secondary N) is 1. The summed E-state index contributed by atoms with van der Waals surface area (Å²) in [6, 6.07) is 16.3. The molecule has 5 nitrogen and oxygen atoms in total. The Bertz CT molecular complexity index is 1250. The summed E-state index contributed by atoms with van der Waals surface area (Å²) >= 11 is 17.5. The maximum Gasteiger partial charge on any atom is 0.216 e. The lowest BCUT2D eigenvalue weighted by Gasteiger charge is -2.06. The first kappa shape index (κ1) is 17.7. The van der Waals surface area contributed by atoms with Gasteiger partial charge in [0, 0.05) is 16.1 Å². The Hall–Kier alpha value is -2.67. The lowest BCUT2D eigenvalue weighted by atomic mass is 10.0. The molecule has 8 heteroatoms. The molecular formula is C19H12Cl2N4OS. The van der Waals surface area contributed by atoms with Gasteiger partial charge >= 0.3 is 0 Å². The fourth-order valence-electron chi connectivity index (χ4n) is 2.78. The van der Waals surface area contributed by atoms with E-state index in [1.54, 1.807) is 30.5 Å². The SMILES string of the molecule is Oc1ccc2ccccc2c1/C=N\n1c(-c2ccc(Cl)cc2Cl)n[nH]c1=S. The van der Waals surface area contributed by atoms with Gasteiger partial charge in [-0.05, 0) is 47.3 Å². The molecule has 0 atom stereocenters. The third kappa shape index (κ3) is 3.35. The molecule has 4 rings (SSSR count). The zero-order valence-corrected chi connectivity index (χ0v) is 16.1. The molecule has 0 aliphatic heterocycles. The number of aromatic amines is 1. The number of phenols is 1. The van der Waals surface area contributed by atoms with E-state index in [0.717, 1.165) is 10.8 Å². The Morgan fingerprint density at radius 1 is 1.11 bits per heavy atom. The second kappa shape index (κ2) is 7.15. The molecule has 0 bridgehead atoms. The summed E-state index contributed by atoms with van der Waals surface area (Å²) in [5.41, 5.74) is 1.22. The maximum absolute atomic E-state index is 10.3. The third-order valence-corrected chi connectivity index (χ3v) is 4.88. The Balaban J connectivity index is 1.84. The van der Waals surface area contributed by atoms with Crippen molar-refractivity contribution in [3.63, 3.8) is 0 Å². The monoisotopic (exact) mass is 414 g/mol. The van der Waals surface area contributed by atoms with E-state index in [4.69, 9.17) is 35.4 Å². The first-order valence-corrected chi connectivity index (χ1v) is 9.09. The molecule has 0 aliphatic carbocycles. The van der Waals surface area contributed by atoms with Crippen molar-refractivity contribution in [1.82, 2.24) is 14.9 Å². The maximum atomic E-state index is 10.3. The van der Waals surface area contributed by atoms with E-state index in [1.807, 2.05) is 30.3 Å². The van der Waals surface area contributed by atoms with Crippen molar-refractivity contribution in [3.05, 3.63) is 75.0 Å². The smallest absolute Gasteiger partial charge is 0.216 e. The highest BCUT2D eigenvalue weighted by Gasteiger charge is 2.13. The predicted molar refractivity (Wildman–Crippen MR) is 111 cm³/mol. The van der Waals surface area contributed by atoms with Gasteiger partial charge in [-0.25, -0.2) is 5.10 Å². The van der Waals surface area contributed by atoms with Gasteiger partial charge in [-0.15, -0.1) is 0 Å². The van der Waals surface area contributed by atoms with E-state index in [2.05, 4.69) is 15.3 Å². The van der Waals surface area contributed by atoms with Crippen molar-refractivity contribution in [2.24, 2.45) is 5.10 Å². The molecule has 0 saturated heterocycles. The number of hydrogen-bond acceptors (Lipinski definition) is 4. The number of fused-ring (bicyclic) bond motifs is 1. The van der Waals surface area contributed by atoms with Crippen molar-refractivity contribution in [3.8, 4) is 17.1 Å². The van der Waals surface area contributed by atoms with Crippen LogP contribution in [0, 0.1) is 4.77 Å². The molecule has 27 heavy (non-hydrogen) atoms. The van der Waals surface area contributed by atoms with Crippen LogP contribution in [0.15, 0.2) is 59.7 Å². The molecule has 3 aromatic carbocycles. The first-order chi connectivity index (χ1) is 13.0. The van der Waals surface area contributed by atoms with Gasteiger partial charge in [-0.2, -0.15) is 14.9 Å². The van der Waals surface area contributed by atoms with Crippen molar-refractivity contribution < 1.29 is 5.11 Å². The van der Waals surface area contributed by atoms with Crippen LogP contribution in [0.4, 0.5) is 0 Å². The standard InChI is InChI=1S/C19H12Cl2N4OS/c20-12-6-7-14(16(21)9-12)18-23-24-19(27)25(18)22-10-15-13-4-2-1-3-11(13)5-8-17(15)26/h1-10,26H,(H,24,27)/b22-10-. The van der Waals surface area contributed by atoms with Crippen LogP contribution in [0.25, 0.3) is 22.2 Å². The van der Waals surface area contributed by atoms with Crippen LogP contribution in [-0.4, -0.2) is 26.2 Å². The van der Waals surface area contributed by atoms with Crippen molar-refractivity contribution in [2.45, 2.75) is 0 Å². The Kier molecular flexibility index (Phi) is 4.70. The van der Waals surface area contributed by atoms with Gasteiger partial charge in [-0.3, -0.25) is 0 Å². The number of rotatable bonds is 3. The Morgan fingerprint density at radius 2 is 1.93 bits per heavy atom. The molecule has 4 aromatic rings. The van der Waals surface area contributed by atoms with Gasteiger partial charge in [-0.1, -0.05) is 53.5 Å². The number of H-pyrrole nitrogens is 1. The van der Waals surface area contributed by atoms with Crippen LogP contribution in [0.1, 0.15) is 5.56 Å². The highest BCUT2D eigenvalue weighted by atomic mass is 35.5. The number of aromatic nitrogens is 3. The quantitative estimate of drug-likeness (QED) is 0.335. The van der Waals surface area contributed by atoms with Crippen LogP contribution >= 0.6 is 35.4 Å². The van der Waals surface area contributed by atoms with E-state index in [9.17, 15) is 5.11 Å². The summed E-state index contributed by atoms with van der Waals surface area (Å²) in [7, 11) is 0. The fourth-order valence-corrected chi connectivity index (χ4v) is 3.45. The van der Waals surface area contributed by atoms with Crippen LogP contribution in [0.5, 0.6) is 5.75 Å². The highest BCUT2D eigenvalue weighted by Crippen LogP contribution is 2.30. The number of nitrogens with zero attached hydrogens (tertiary/aromatic N) is 3. The van der Waals surface area contributed by atoms with Gasteiger partial charge in [0.15, 0.2) is 5.82 Å². The Labute approximate surface area is 169 Å². The molecule has 0 amide bonds. The molecule has 0 spiro atoms. The summed E-state index contributed by atoms with van der Waals surface area (Å²) in [4.78, 5) is 0. The summed E-state index contributed by atoms with van der Waals surface area (Å²) in [5.74, 6) is 0.566. The van der Waals surface area contributed by atoms with Gasteiger partial charge < -0.3 is 5.11 Å². The minimum absolute atomic E-state index is 0.124. The molecule has 0 saturated carbocycles. The first-order valence-electron chi connectivity index (χ1n) is 7.92. The fraction of sp³-hybridized carbons (Fsp3) is 0. The molecule has 1 aromatic heterocycles. The van der Waals surface area contributed by atoms with Crippen molar-refractivity contribution >= 4 is 52.4 Å². The van der Waals surface area contributed by atoms with Gasteiger partial charge in [0.2, 0.25) is 4.77 Å². The topological polar surface area (TPSA) is 66.2 Å². The molecule has 0 aliphatic rings. The van der Waals surface area contributed by atoms with Crippen LogP contribution in [-0.2, 0) is 0 Å². The van der Waals surface area contributed by atoms with Gasteiger partial charge in [0.25, 0.3) is 0 Å². The average Bonchev–Trinajstić information content (AvgIpc) is 3.01. The van der Waals surface area contributed by atoms with Crippen LogP contribution < -0.4 is 0 Å². The van der Waals surface area contributed by atoms with E-state index in [-0.39, 0.29) is 5.75 Å². The van der Waals surface area contributed by atoms with Crippen LogP contribution in [0.2, 0.25) is 10.0 Å². The third-order valence-electron chi connectivity index (χ3n) is 4.07. The number of benzene rings is 3. The molecular weight excluding hydrogens is 403 g/mol. The average molecular weight is 415 g/mol. The number of phenolic OH excluding ortho intramolecular Hbond substituents is 1. The van der Waals surface area contributed by atoms with Gasteiger partial charge in [0.1, 0.15) is 5.75 Å². The second-order valence-electron chi connectivity index (χ2n) is 5.75. The summed E-state index contributed by atoms with van der Waals surface area (Å²) < 4.78 is 1.75. The number of hydrogen-bond donors (Lipinski definition) is 2. The zero-order chi connectivity index (χ0) is 19.0. The summed E-state index contributed by atoms with van der Waals surface area (Å²) in [5, 5.41) is 24.5. The second-order valence-corrected chi connectivity index (χ2v) is 6.98. The minimum atomic E-state index is 0.124. The van der Waals surface area contributed by atoms with Crippen LogP contribution in [0.3, 0.4) is 0 Å². The zero-order valence-electron chi connectivity index (χ0n) is 13.7. The van der Waals surface area contributed by atoms with E-state index >= 15 is 0 Å². The Morgan fingerprint density at radius 3 is 2.74 bits per heavy atom. The van der Waals surface area contributed by atoms with Gasteiger partial charge in [0.05, 0.1) is 11.2 Å². The van der Waals surface area contributed by atoms with E-state index < -0.39 is 0 Å². The van der Waals surface area contributed by atoms with E-state index in [0.29, 0.717) is 31.8 Å². The number of halogens is 2. The number of aromatic hydroxyl groups is 1. The molecule has 2 N–H and O–H groups in total. The molecule has 134 valence electrons. The molecule has 0 radical (unpaired) electrons. The largest absolute Gasteiger partial charge is 0.507 e. The molecule has 1 heterocycles. The molecule has 0 unspecified atom stereocenters. The normalized spacial score (nSPS) is 11.5. The van der Waals surface area contributed by atoms with Crippen molar-refractivity contribution in [2.75, 3.05) is 0 Å². The summed E-state index contributed by atoms with van der Waals surface area (Å²) in [6.45, 7) is 0. The highest BCUT2D eigenvalue weighted by molar-refractivity contribution is 7.71. The predicted octanol–water partition coefficient (Wildman–Crippen LogP) is 5.66. The van der Waals surface area contributed by atoms with E-state index in [1.165, 1.54) is 4.68 Å². The summed E-state index contributed by atoms with van der Waals surface area (Å²) in [6.07, 6.45) is 1.55. The van der Waals surface area contributed by atoms with Crippen molar-refractivity contribution in [1.29, 1.82) is 0 Å². The lowest BCUT2D eigenvalue weighted by molar-refractivity contribution is 0.475. The lowest BCUT2D eigenvalue weighted by Crippen LogP contribution is -1.96.